The first-order valence-corrected chi connectivity index (χ1v) is 8.17. The summed E-state index contributed by atoms with van der Waals surface area (Å²) < 4.78 is 5.34. The Morgan fingerprint density at radius 3 is 2.91 bits per heavy atom. The molecule has 0 saturated heterocycles. The van der Waals surface area contributed by atoms with E-state index < -0.39 is 0 Å². The Balaban J connectivity index is 1.69. The van der Waals surface area contributed by atoms with Crippen molar-refractivity contribution in [1.82, 2.24) is 15.0 Å². The minimum Gasteiger partial charge on any atom is -0.381 e. The number of pyridine rings is 1. The van der Waals surface area contributed by atoms with Gasteiger partial charge in [-0.1, -0.05) is 6.07 Å². The maximum atomic E-state index is 5.34. The van der Waals surface area contributed by atoms with Crippen molar-refractivity contribution in [3.8, 4) is 11.5 Å². The van der Waals surface area contributed by atoms with Gasteiger partial charge in [0.05, 0.1) is 11.5 Å². The molecule has 3 aromatic heterocycles. The zero-order valence-electron chi connectivity index (χ0n) is 12.2. The molecule has 0 bridgehead atoms. The lowest BCUT2D eigenvalue weighted by atomic mass is 9.89. The summed E-state index contributed by atoms with van der Waals surface area (Å²) in [5, 5.41) is 6.65. The first-order chi connectivity index (χ1) is 10.8. The first-order valence-electron chi connectivity index (χ1n) is 7.29. The highest BCUT2D eigenvalue weighted by Crippen LogP contribution is 2.31. The van der Waals surface area contributed by atoms with Crippen LogP contribution < -0.4 is 5.32 Å². The van der Waals surface area contributed by atoms with Crippen LogP contribution in [0.3, 0.4) is 0 Å². The van der Waals surface area contributed by atoms with Crippen LogP contribution in [0.25, 0.3) is 21.7 Å². The fraction of sp³-hybridized carbons (Fsp3) is 0.312. The Hall–Kier alpha value is -2.05. The molecule has 0 aromatic carbocycles. The van der Waals surface area contributed by atoms with Crippen molar-refractivity contribution in [2.45, 2.75) is 25.0 Å². The van der Waals surface area contributed by atoms with Gasteiger partial charge in [-0.25, -0.2) is 9.97 Å². The van der Waals surface area contributed by atoms with E-state index in [9.17, 15) is 0 Å². The number of anilines is 1. The minimum absolute atomic E-state index is 0.368. The van der Waals surface area contributed by atoms with Gasteiger partial charge in [-0.2, -0.15) is 0 Å². The van der Waals surface area contributed by atoms with Gasteiger partial charge in [-0.3, -0.25) is 4.98 Å². The van der Waals surface area contributed by atoms with Gasteiger partial charge < -0.3 is 10.1 Å². The number of thiophene rings is 1. The fourth-order valence-electron chi connectivity index (χ4n) is 2.64. The lowest BCUT2D eigenvalue weighted by molar-refractivity contribution is 0.0328. The van der Waals surface area contributed by atoms with Crippen LogP contribution in [0, 0.1) is 0 Å². The van der Waals surface area contributed by atoms with Crippen LogP contribution in [-0.2, 0) is 4.74 Å². The van der Waals surface area contributed by atoms with Gasteiger partial charge in [0, 0.05) is 19.3 Å². The third kappa shape index (κ3) is 2.44. The molecular weight excluding hydrogens is 296 g/mol. The molecule has 5 nitrogen and oxygen atoms in total. The summed E-state index contributed by atoms with van der Waals surface area (Å²) in [4.78, 5) is 14.7. The molecule has 6 heteroatoms. The van der Waals surface area contributed by atoms with E-state index in [1.54, 1.807) is 24.6 Å². The monoisotopic (exact) mass is 312 g/mol. The Labute approximate surface area is 132 Å². The van der Waals surface area contributed by atoms with Crippen molar-refractivity contribution < 1.29 is 4.74 Å². The molecule has 22 heavy (non-hydrogen) atoms. The second kappa shape index (κ2) is 5.62. The Morgan fingerprint density at radius 2 is 2.14 bits per heavy atom. The van der Waals surface area contributed by atoms with Gasteiger partial charge in [0.25, 0.3) is 0 Å². The van der Waals surface area contributed by atoms with E-state index in [1.807, 2.05) is 23.6 Å². The average molecular weight is 312 g/mol. The van der Waals surface area contributed by atoms with Crippen LogP contribution in [-0.4, -0.2) is 34.2 Å². The third-order valence-electron chi connectivity index (χ3n) is 3.99. The van der Waals surface area contributed by atoms with E-state index >= 15 is 0 Å². The number of nitrogens with zero attached hydrogens (tertiary/aromatic N) is 3. The fourth-order valence-corrected chi connectivity index (χ4v) is 3.41. The van der Waals surface area contributed by atoms with Crippen LogP contribution in [0.2, 0.25) is 0 Å². The molecule has 0 aliphatic heterocycles. The summed E-state index contributed by atoms with van der Waals surface area (Å²) in [6, 6.07) is 8.26. The van der Waals surface area contributed by atoms with E-state index in [0.29, 0.717) is 18.0 Å². The number of hydrogen-bond donors (Lipinski definition) is 1. The summed E-state index contributed by atoms with van der Waals surface area (Å²) >= 11 is 1.62. The molecule has 3 aromatic rings. The van der Waals surface area contributed by atoms with Crippen molar-refractivity contribution in [2.75, 3.05) is 12.4 Å². The Morgan fingerprint density at radius 1 is 1.23 bits per heavy atom. The van der Waals surface area contributed by atoms with Gasteiger partial charge in [0.15, 0.2) is 5.82 Å². The number of hydrogen-bond acceptors (Lipinski definition) is 6. The molecule has 1 aliphatic rings. The number of methoxy groups -OCH3 is 1. The number of rotatable bonds is 4. The highest BCUT2D eigenvalue weighted by atomic mass is 32.1. The smallest absolute Gasteiger partial charge is 0.181 e. The second-order valence-electron chi connectivity index (χ2n) is 5.42. The van der Waals surface area contributed by atoms with Crippen LogP contribution in [0.15, 0.2) is 35.8 Å². The summed E-state index contributed by atoms with van der Waals surface area (Å²) in [6.45, 7) is 0. The van der Waals surface area contributed by atoms with Gasteiger partial charge in [-0.05, 0) is 36.4 Å². The third-order valence-corrected chi connectivity index (χ3v) is 4.79. The van der Waals surface area contributed by atoms with E-state index in [4.69, 9.17) is 9.72 Å². The standard InChI is InChI=1S/C16H16N4OS/c1-21-11-8-10(9-11)18-14-12-5-7-22-16(12)20-15(19-14)13-4-2-3-6-17-13/h2-7,10-11H,8-9H2,1H3,(H,18,19,20). The van der Waals surface area contributed by atoms with E-state index in [1.165, 1.54) is 0 Å². The molecule has 0 spiro atoms. The van der Waals surface area contributed by atoms with Crippen molar-refractivity contribution in [2.24, 2.45) is 0 Å². The lowest BCUT2D eigenvalue weighted by Crippen LogP contribution is -2.40. The number of nitrogens with one attached hydrogen (secondary N) is 1. The molecule has 1 N–H and O–H groups in total. The highest BCUT2D eigenvalue weighted by molar-refractivity contribution is 7.16. The van der Waals surface area contributed by atoms with E-state index in [-0.39, 0.29) is 0 Å². The van der Waals surface area contributed by atoms with E-state index in [0.717, 1.165) is 34.6 Å². The second-order valence-corrected chi connectivity index (χ2v) is 6.32. The largest absolute Gasteiger partial charge is 0.381 e. The number of ether oxygens (including phenoxy) is 1. The van der Waals surface area contributed by atoms with Crippen LogP contribution in [0.5, 0.6) is 0 Å². The SMILES string of the molecule is COC1CC(Nc2nc(-c3ccccn3)nc3sccc23)C1. The van der Waals surface area contributed by atoms with Crippen molar-refractivity contribution >= 4 is 27.4 Å². The molecule has 1 aliphatic carbocycles. The van der Waals surface area contributed by atoms with Gasteiger partial charge in [-0.15, -0.1) is 11.3 Å². The van der Waals surface area contributed by atoms with Crippen molar-refractivity contribution in [1.29, 1.82) is 0 Å². The highest BCUT2D eigenvalue weighted by Gasteiger charge is 2.29. The molecule has 3 heterocycles. The molecule has 0 amide bonds. The van der Waals surface area contributed by atoms with Crippen LogP contribution in [0.4, 0.5) is 5.82 Å². The minimum atomic E-state index is 0.368. The summed E-state index contributed by atoms with van der Waals surface area (Å²) in [5.41, 5.74) is 0.796. The predicted molar refractivity (Wildman–Crippen MR) is 88.1 cm³/mol. The maximum absolute atomic E-state index is 5.34. The molecule has 112 valence electrons. The maximum Gasteiger partial charge on any atom is 0.181 e. The molecule has 1 fully saturated rings. The summed E-state index contributed by atoms with van der Waals surface area (Å²) in [5.74, 6) is 1.56. The average Bonchev–Trinajstić information content (AvgIpc) is 2.99. The van der Waals surface area contributed by atoms with Gasteiger partial charge >= 0.3 is 0 Å². The zero-order valence-corrected chi connectivity index (χ0v) is 13.0. The van der Waals surface area contributed by atoms with Crippen LogP contribution >= 0.6 is 11.3 Å². The van der Waals surface area contributed by atoms with Crippen LogP contribution in [0.1, 0.15) is 12.8 Å². The number of fused-ring (bicyclic) bond motifs is 1. The number of aromatic nitrogens is 3. The molecule has 4 rings (SSSR count). The van der Waals surface area contributed by atoms with Gasteiger partial charge in [0.2, 0.25) is 0 Å². The Bertz CT molecular complexity index is 783. The molecule has 0 radical (unpaired) electrons. The Kier molecular flexibility index (Phi) is 3.48. The topological polar surface area (TPSA) is 59.9 Å². The molecule has 0 atom stereocenters. The zero-order chi connectivity index (χ0) is 14.9. The summed E-state index contributed by atoms with van der Waals surface area (Å²) in [6.07, 6.45) is 4.17. The normalized spacial score (nSPS) is 20.8. The quantitative estimate of drug-likeness (QED) is 0.800. The van der Waals surface area contributed by atoms with Crippen molar-refractivity contribution in [3.05, 3.63) is 35.8 Å². The first kappa shape index (κ1) is 13.6. The predicted octanol–water partition coefficient (Wildman–Crippen LogP) is 3.34. The molecular formula is C16H16N4OS. The lowest BCUT2D eigenvalue weighted by Gasteiger charge is -2.35. The summed E-state index contributed by atoms with van der Waals surface area (Å²) in [7, 11) is 1.77. The van der Waals surface area contributed by atoms with Crippen molar-refractivity contribution in [3.63, 3.8) is 0 Å². The molecule has 0 unspecified atom stereocenters. The molecule has 1 saturated carbocycles. The van der Waals surface area contributed by atoms with Gasteiger partial charge in [0.1, 0.15) is 16.3 Å². The van der Waals surface area contributed by atoms with E-state index in [2.05, 4.69) is 21.4 Å².